The molecule has 190 valence electrons. The van der Waals surface area contributed by atoms with Gasteiger partial charge >= 0.3 is 0 Å². The van der Waals surface area contributed by atoms with Crippen LogP contribution in [-0.2, 0) is 13.6 Å². The Morgan fingerprint density at radius 1 is 1.08 bits per heavy atom. The van der Waals surface area contributed by atoms with Crippen LogP contribution in [0.3, 0.4) is 0 Å². The van der Waals surface area contributed by atoms with Crippen LogP contribution in [0.25, 0.3) is 33.9 Å². The number of carbonyl (C=O) groups excluding carboxylic acids is 1. The molecule has 4 aromatic rings. The monoisotopic (exact) mass is 496 g/mol. The molecule has 1 aliphatic heterocycles. The van der Waals surface area contributed by atoms with Crippen molar-refractivity contribution in [1.82, 2.24) is 24.0 Å². The number of carbonyl (C=O) groups is 1. The Morgan fingerprint density at radius 3 is 2.57 bits per heavy atom. The van der Waals surface area contributed by atoms with Crippen LogP contribution in [-0.4, -0.2) is 55.6 Å². The van der Waals surface area contributed by atoms with E-state index in [1.165, 1.54) is 12.8 Å². The first-order valence-electron chi connectivity index (χ1n) is 13.3. The zero-order valence-corrected chi connectivity index (χ0v) is 21.3. The van der Waals surface area contributed by atoms with Gasteiger partial charge in [-0.1, -0.05) is 30.3 Å². The van der Waals surface area contributed by atoms with E-state index in [0.29, 0.717) is 23.1 Å². The van der Waals surface area contributed by atoms with Gasteiger partial charge < -0.3 is 24.5 Å². The fraction of sp³-hybridized carbons (Fsp3) is 0.414. The molecular formula is C29H32N6O2. The quantitative estimate of drug-likeness (QED) is 0.434. The lowest BCUT2D eigenvalue weighted by Crippen LogP contribution is -2.41. The Hall–Kier alpha value is -3.65. The average molecular weight is 497 g/mol. The smallest absolute Gasteiger partial charge is 0.254 e. The summed E-state index contributed by atoms with van der Waals surface area (Å²) >= 11 is 0. The average Bonchev–Trinajstić information content (AvgIpc) is 3.23. The van der Waals surface area contributed by atoms with Crippen LogP contribution in [0.1, 0.15) is 36.0 Å². The molecule has 8 heteroatoms. The first-order valence-corrected chi connectivity index (χ1v) is 13.3. The van der Waals surface area contributed by atoms with Gasteiger partial charge in [0.15, 0.2) is 5.82 Å². The minimum Gasteiger partial charge on any atom is -0.494 e. The molecule has 2 aromatic heterocycles. The van der Waals surface area contributed by atoms with E-state index in [1.807, 2.05) is 46.8 Å². The number of ether oxygens (including phenoxy) is 1. The SMILES string of the molecule is COc1cc(C(=O)N2C[C@H]3CC[C@@H]2[C@@H]3N)cc2nc(-c3cn(CC4CC4)c(-c4ccccc4)n3)n(C)c12. The van der Waals surface area contributed by atoms with E-state index in [-0.39, 0.29) is 18.0 Å². The van der Waals surface area contributed by atoms with E-state index in [1.54, 1.807) is 7.11 Å². The molecule has 7 rings (SSSR count). The maximum Gasteiger partial charge on any atom is 0.254 e. The summed E-state index contributed by atoms with van der Waals surface area (Å²) in [4.78, 5) is 25.5. The fourth-order valence-corrected chi connectivity index (χ4v) is 6.33. The number of likely N-dealkylation sites (tertiary alicyclic amines) is 1. The lowest BCUT2D eigenvalue weighted by Gasteiger charge is -2.27. The normalized spacial score (nSPS) is 22.8. The van der Waals surface area contributed by atoms with Crippen molar-refractivity contribution in [2.24, 2.45) is 24.6 Å². The highest BCUT2D eigenvalue weighted by Crippen LogP contribution is 2.39. The van der Waals surface area contributed by atoms with Gasteiger partial charge in [-0.25, -0.2) is 9.97 Å². The highest BCUT2D eigenvalue weighted by atomic mass is 16.5. The Balaban J connectivity index is 1.30. The molecule has 8 nitrogen and oxygen atoms in total. The fourth-order valence-electron chi connectivity index (χ4n) is 6.33. The van der Waals surface area contributed by atoms with Crippen molar-refractivity contribution in [3.05, 3.63) is 54.2 Å². The topological polar surface area (TPSA) is 91.2 Å². The second-order valence-corrected chi connectivity index (χ2v) is 10.9. The van der Waals surface area contributed by atoms with Gasteiger partial charge in [0.1, 0.15) is 22.8 Å². The molecule has 2 aromatic carbocycles. The van der Waals surface area contributed by atoms with E-state index in [9.17, 15) is 4.79 Å². The largest absolute Gasteiger partial charge is 0.494 e. The first kappa shape index (κ1) is 22.5. The minimum absolute atomic E-state index is 0.00938. The van der Waals surface area contributed by atoms with Crippen molar-refractivity contribution in [3.63, 3.8) is 0 Å². The number of methoxy groups -OCH3 is 1. The highest BCUT2D eigenvalue weighted by Gasteiger charge is 2.47. The maximum atomic E-state index is 13.5. The molecule has 0 radical (unpaired) electrons. The summed E-state index contributed by atoms with van der Waals surface area (Å²) in [6.07, 6.45) is 6.75. The van der Waals surface area contributed by atoms with Crippen LogP contribution < -0.4 is 10.5 Å². The van der Waals surface area contributed by atoms with E-state index < -0.39 is 0 Å². The first-order chi connectivity index (χ1) is 18.0. The molecular weight excluding hydrogens is 464 g/mol. The predicted molar refractivity (Wildman–Crippen MR) is 142 cm³/mol. The zero-order chi connectivity index (χ0) is 25.3. The van der Waals surface area contributed by atoms with Gasteiger partial charge in [-0.2, -0.15) is 0 Å². The number of nitrogens with two attached hydrogens (primary N) is 1. The standard InChI is InChI=1S/C29H32N6O2/c1-33-26-21(12-20(13-24(26)37-2)29(36)35-15-19-10-11-23(35)25(19)30)31-28(33)22-16-34(14-17-8-9-17)27(32-22)18-6-4-3-5-7-18/h3-7,12-13,16-17,19,23,25H,8-11,14-15,30H2,1-2H3/t19-,23-,25-/m1/s1. The van der Waals surface area contributed by atoms with Gasteiger partial charge in [0, 0.05) is 49.5 Å². The third-order valence-electron chi connectivity index (χ3n) is 8.50. The number of piperidine rings is 1. The molecule has 3 fully saturated rings. The van der Waals surface area contributed by atoms with Crippen LogP contribution in [0.15, 0.2) is 48.7 Å². The molecule has 2 saturated carbocycles. The van der Waals surface area contributed by atoms with Gasteiger partial charge in [0.05, 0.1) is 12.6 Å². The van der Waals surface area contributed by atoms with Crippen molar-refractivity contribution in [2.45, 2.75) is 44.3 Å². The summed E-state index contributed by atoms with van der Waals surface area (Å²) in [5, 5.41) is 0. The van der Waals surface area contributed by atoms with Gasteiger partial charge in [0.25, 0.3) is 5.91 Å². The molecule has 3 heterocycles. The molecule has 0 spiro atoms. The van der Waals surface area contributed by atoms with Crippen LogP contribution in [0.2, 0.25) is 0 Å². The van der Waals surface area contributed by atoms with Crippen molar-refractivity contribution >= 4 is 16.9 Å². The molecule has 3 aliphatic rings. The Labute approximate surface area is 216 Å². The number of fused-ring (bicyclic) bond motifs is 3. The minimum atomic E-state index is 0.00938. The van der Waals surface area contributed by atoms with Crippen LogP contribution >= 0.6 is 0 Å². The Kier molecular flexibility index (Phi) is 5.15. The summed E-state index contributed by atoms with van der Waals surface area (Å²) in [6.45, 7) is 1.70. The molecule has 2 N–H and O–H groups in total. The number of hydrogen-bond donors (Lipinski definition) is 1. The number of hydrogen-bond acceptors (Lipinski definition) is 5. The second kappa shape index (κ2) is 8.45. The van der Waals surface area contributed by atoms with Crippen molar-refractivity contribution in [1.29, 1.82) is 0 Å². The maximum absolute atomic E-state index is 13.5. The van der Waals surface area contributed by atoms with E-state index >= 15 is 0 Å². The summed E-state index contributed by atoms with van der Waals surface area (Å²) in [7, 11) is 3.62. The number of aromatic nitrogens is 4. The second-order valence-electron chi connectivity index (χ2n) is 10.9. The predicted octanol–water partition coefficient (Wildman–Crippen LogP) is 4.08. The van der Waals surface area contributed by atoms with Gasteiger partial charge in [-0.15, -0.1) is 0 Å². The highest BCUT2D eigenvalue weighted by molar-refractivity contribution is 6.00. The number of rotatable bonds is 6. The van der Waals surface area contributed by atoms with Crippen LogP contribution in [0.4, 0.5) is 0 Å². The number of aryl methyl sites for hydroxylation is 1. The van der Waals surface area contributed by atoms with E-state index in [4.69, 9.17) is 20.4 Å². The van der Waals surface area contributed by atoms with Gasteiger partial charge in [-0.05, 0) is 49.7 Å². The van der Waals surface area contributed by atoms with E-state index in [2.05, 4.69) is 22.9 Å². The van der Waals surface area contributed by atoms with E-state index in [0.717, 1.165) is 59.9 Å². The summed E-state index contributed by atoms with van der Waals surface area (Å²) < 4.78 is 10.1. The molecule has 37 heavy (non-hydrogen) atoms. The third kappa shape index (κ3) is 3.65. The lowest BCUT2D eigenvalue weighted by atomic mass is 10.1. The lowest BCUT2D eigenvalue weighted by molar-refractivity contribution is 0.0700. The summed E-state index contributed by atoms with van der Waals surface area (Å²) in [5.74, 6) is 3.48. The Morgan fingerprint density at radius 2 is 1.89 bits per heavy atom. The molecule has 1 amide bonds. The van der Waals surface area contributed by atoms with Crippen molar-refractivity contribution in [3.8, 4) is 28.7 Å². The van der Waals surface area contributed by atoms with Gasteiger partial charge in [0.2, 0.25) is 0 Å². The summed E-state index contributed by atoms with van der Waals surface area (Å²) in [6, 6.07) is 14.3. The van der Waals surface area contributed by atoms with Crippen molar-refractivity contribution in [2.75, 3.05) is 13.7 Å². The molecule has 1 saturated heterocycles. The number of imidazole rings is 2. The molecule has 0 unspecified atom stereocenters. The molecule has 2 aliphatic carbocycles. The Bertz CT molecular complexity index is 1500. The molecule has 2 bridgehead atoms. The molecule has 3 atom stereocenters. The number of amides is 1. The summed E-state index contributed by atoms with van der Waals surface area (Å²) in [5.41, 5.74) is 10.5. The van der Waals surface area contributed by atoms with Crippen LogP contribution in [0.5, 0.6) is 5.75 Å². The number of benzene rings is 2. The van der Waals surface area contributed by atoms with Crippen molar-refractivity contribution < 1.29 is 9.53 Å². The zero-order valence-electron chi connectivity index (χ0n) is 21.3. The number of nitrogens with zero attached hydrogens (tertiary/aromatic N) is 5. The van der Waals surface area contributed by atoms with Gasteiger partial charge in [-0.3, -0.25) is 4.79 Å². The van der Waals surface area contributed by atoms with Crippen LogP contribution in [0, 0.1) is 11.8 Å². The third-order valence-corrected chi connectivity index (χ3v) is 8.50.